The molecular formula is C17H15FN4O. The molecule has 0 aliphatic heterocycles. The Morgan fingerprint density at radius 3 is 2.52 bits per heavy atom. The van der Waals surface area contributed by atoms with Gasteiger partial charge in [-0.2, -0.15) is 0 Å². The van der Waals surface area contributed by atoms with Crippen LogP contribution in [0.1, 0.15) is 21.5 Å². The van der Waals surface area contributed by atoms with Crippen molar-refractivity contribution >= 4 is 11.9 Å². The molecule has 0 bridgehead atoms. The molecule has 6 heteroatoms. The Labute approximate surface area is 132 Å². The first kappa shape index (κ1) is 14.9. The number of anilines is 1. The lowest BCUT2D eigenvalue weighted by atomic mass is 10.1. The molecule has 0 radical (unpaired) electrons. The normalized spacial score (nSPS) is 10.5. The fourth-order valence-corrected chi connectivity index (χ4v) is 2.08. The number of rotatable bonds is 4. The molecule has 0 aliphatic rings. The minimum Gasteiger partial charge on any atom is -0.289 e. The maximum atomic E-state index is 12.9. The number of aryl methyl sites for hydroxylation is 1. The number of carbonyl (C=O) groups excluding carboxylic acids is 1. The fourth-order valence-electron chi connectivity index (χ4n) is 2.08. The Hall–Kier alpha value is -3.02. The summed E-state index contributed by atoms with van der Waals surface area (Å²) < 4.78 is 14.5. The predicted molar refractivity (Wildman–Crippen MR) is 84.7 cm³/mol. The number of hydrogen-bond donors (Lipinski definition) is 1. The van der Waals surface area contributed by atoms with Crippen molar-refractivity contribution in [1.29, 1.82) is 0 Å². The van der Waals surface area contributed by atoms with E-state index < -0.39 is 0 Å². The molecule has 1 aromatic heterocycles. The highest BCUT2D eigenvalue weighted by Crippen LogP contribution is 2.08. The van der Waals surface area contributed by atoms with E-state index in [-0.39, 0.29) is 17.7 Å². The van der Waals surface area contributed by atoms with Gasteiger partial charge in [0, 0.05) is 5.56 Å². The van der Waals surface area contributed by atoms with Gasteiger partial charge >= 0.3 is 0 Å². The fraction of sp³-hybridized carbons (Fsp3) is 0.118. The summed E-state index contributed by atoms with van der Waals surface area (Å²) in [6.07, 6.45) is 1.56. The third-order valence-electron chi connectivity index (χ3n) is 3.33. The average molecular weight is 310 g/mol. The predicted octanol–water partition coefficient (Wildman–Crippen LogP) is 3.03. The van der Waals surface area contributed by atoms with Gasteiger partial charge in [0.05, 0.1) is 6.54 Å². The maximum Gasteiger partial charge on any atom is 0.258 e. The zero-order chi connectivity index (χ0) is 16.2. The summed E-state index contributed by atoms with van der Waals surface area (Å²) >= 11 is 0. The second kappa shape index (κ2) is 6.39. The van der Waals surface area contributed by atoms with Crippen molar-refractivity contribution in [2.45, 2.75) is 13.5 Å². The molecular weight excluding hydrogens is 295 g/mol. The SMILES string of the molecule is Cc1ccc(Cn2cnc(NC(=O)c3ccc(F)cc3)n2)cc1. The van der Waals surface area contributed by atoms with Crippen LogP contribution < -0.4 is 5.32 Å². The molecule has 1 heterocycles. The van der Waals surface area contributed by atoms with Crippen molar-refractivity contribution in [1.82, 2.24) is 14.8 Å². The summed E-state index contributed by atoms with van der Waals surface area (Å²) in [7, 11) is 0. The molecule has 1 amide bonds. The van der Waals surface area contributed by atoms with Crippen LogP contribution in [0.5, 0.6) is 0 Å². The number of hydrogen-bond acceptors (Lipinski definition) is 3. The molecule has 0 aliphatic carbocycles. The van der Waals surface area contributed by atoms with E-state index in [4.69, 9.17) is 0 Å². The molecule has 3 aromatic rings. The van der Waals surface area contributed by atoms with Crippen LogP contribution in [0.15, 0.2) is 54.9 Å². The lowest BCUT2D eigenvalue weighted by Gasteiger charge is -2.02. The Balaban J connectivity index is 1.66. The van der Waals surface area contributed by atoms with Gasteiger partial charge in [-0.05, 0) is 36.8 Å². The van der Waals surface area contributed by atoms with Gasteiger partial charge in [-0.1, -0.05) is 29.8 Å². The summed E-state index contributed by atoms with van der Waals surface area (Å²) in [5, 5.41) is 6.80. The Morgan fingerprint density at radius 2 is 1.83 bits per heavy atom. The lowest BCUT2D eigenvalue weighted by molar-refractivity contribution is 0.102. The van der Waals surface area contributed by atoms with Crippen molar-refractivity contribution < 1.29 is 9.18 Å². The molecule has 23 heavy (non-hydrogen) atoms. The Morgan fingerprint density at radius 1 is 1.13 bits per heavy atom. The summed E-state index contributed by atoms with van der Waals surface area (Å²) in [4.78, 5) is 16.1. The number of aromatic nitrogens is 3. The van der Waals surface area contributed by atoms with Crippen molar-refractivity contribution in [2.24, 2.45) is 0 Å². The molecule has 1 N–H and O–H groups in total. The molecule has 0 saturated heterocycles. The summed E-state index contributed by atoms with van der Waals surface area (Å²) in [6.45, 7) is 2.60. The summed E-state index contributed by atoms with van der Waals surface area (Å²) in [6, 6.07) is 13.4. The second-order valence-electron chi connectivity index (χ2n) is 5.21. The molecule has 2 aromatic carbocycles. The monoisotopic (exact) mass is 310 g/mol. The van der Waals surface area contributed by atoms with Gasteiger partial charge in [0.1, 0.15) is 12.1 Å². The van der Waals surface area contributed by atoms with Crippen LogP contribution in [0.4, 0.5) is 10.3 Å². The minimum atomic E-state index is -0.387. The van der Waals surface area contributed by atoms with Crippen LogP contribution in [0.3, 0.4) is 0 Å². The van der Waals surface area contributed by atoms with Crippen LogP contribution in [0, 0.1) is 12.7 Å². The summed E-state index contributed by atoms with van der Waals surface area (Å²) in [5.41, 5.74) is 2.64. The highest BCUT2D eigenvalue weighted by molar-refractivity contribution is 6.03. The van der Waals surface area contributed by atoms with Crippen LogP contribution >= 0.6 is 0 Å². The topological polar surface area (TPSA) is 59.8 Å². The Kier molecular flexibility index (Phi) is 4.14. The van der Waals surface area contributed by atoms with Gasteiger partial charge in [-0.3, -0.25) is 10.1 Å². The van der Waals surface area contributed by atoms with E-state index >= 15 is 0 Å². The van der Waals surface area contributed by atoms with Crippen molar-refractivity contribution in [3.8, 4) is 0 Å². The first-order valence-electron chi connectivity index (χ1n) is 7.12. The van der Waals surface area contributed by atoms with Crippen molar-refractivity contribution in [2.75, 3.05) is 5.32 Å². The number of nitrogens with zero attached hydrogens (tertiary/aromatic N) is 3. The van der Waals surface area contributed by atoms with Gasteiger partial charge in [0.25, 0.3) is 5.91 Å². The number of benzene rings is 2. The van der Waals surface area contributed by atoms with Crippen LogP contribution in [-0.2, 0) is 6.54 Å². The maximum absolute atomic E-state index is 12.9. The van der Waals surface area contributed by atoms with Gasteiger partial charge in [-0.15, -0.1) is 5.10 Å². The molecule has 5 nitrogen and oxygen atoms in total. The largest absolute Gasteiger partial charge is 0.289 e. The summed E-state index contributed by atoms with van der Waals surface area (Å²) in [5.74, 6) is -0.549. The van der Waals surface area contributed by atoms with E-state index in [1.165, 1.54) is 29.8 Å². The number of carbonyl (C=O) groups is 1. The highest BCUT2D eigenvalue weighted by Gasteiger charge is 2.09. The molecule has 0 atom stereocenters. The van der Waals surface area contributed by atoms with E-state index in [0.717, 1.165) is 5.56 Å². The Bertz CT molecular complexity index is 809. The van der Waals surface area contributed by atoms with Gasteiger partial charge in [-0.25, -0.2) is 14.1 Å². The number of halogens is 1. The lowest BCUT2D eigenvalue weighted by Crippen LogP contribution is -2.13. The van der Waals surface area contributed by atoms with Crippen molar-refractivity contribution in [3.05, 3.63) is 77.4 Å². The highest BCUT2D eigenvalue weighted by atomic mass is 19.1. The number of amides is 1. The second-order valence-corrected chi connectivity index (χ2v) is 5.21. The van der Waals surface area contributed by atoms with Crippen LogP contribution in [-0.4, -0.2) is 20.7 Å². The zero-order valence-electron chi connectivity index (χ0n) is 12.5. The third-order valence-corrected chi connectivity index (χ3v) is 3.33. The molecule has 3 rings (SSSR count). The van der Waals surface area contributed by atoms with Crippen LogP contribution in [0.25, 0.3) is 0 Å². The smallest absolute Gasteiger partial charge is 0.258 e. The van der Waals surface area contributed by atoms with E-state index in [9.17, 15) is 9.18 Å². The third kappa shape index (κ3) is 3.79. The standard InChI is InChI=1S/C17H15FN4O/c1-12-2-4-13(5-3-12)10-22-11-19-17(21-22)20-16(23)14-6-8-15(18)9-7-14/h2-9,11H,10H2,1H3,(H,20,21,23). The van der Waals surface area contributed by atoms with Gasteiger partial charge < -0.3 is 0 Å². The quantitative estimate of drug-likeness (QED) is 0.806. The average Bonchev–Trinajstić information content (AvgIpc) is 2.97. The van der Waals surface area contributed by atoms with Gasteiger partial charge in [0.15, 0.2) is 0 Å². The van der Waals surface area contributed by atoms with E-state index in [1.807, 2.05) is 31.2 Å². The van der Waals surface area contributed by atoms with E-state index in [2.05, 4.69) is 15.4 Å². The molecule has 0 unspecified atom stereocenters. The van der Waals surface area contributed by atoms with E-state index in [0.29, 0.717) is 12.1 Å². The minimum absolute atomic E-state index is 0.214. The number of nitrogens with one attached hydrogen (secondary N) is 1. The zero-order valence-corrected chi connectivity index (χ0v) is 12.5. The molecule has 0 fully saturated rings. The molecule has 0 saturated carbocycles. The molecule has 116 valence electrons. The first-order valence-corrected chi connectivity index (χ1v) is 7.12. The molecule has 0 spiro atoms. The van der Waals surface area contributed by atoms with Crippen molar-refractivity contribution in [3.63, 3.8) is 0 Å². The van der Waals surface area contributed by atoms with Crippen LogP contribution in [0.2, 0.25) is 0 Å². The van der Waals surface area contributed by atoms with Gasteiger partial charge in [0.2, 0.25) is 5.95 Å². The van der Waals surface area contributed by atoms with E-state index in [1.54, 1.807) is 11.0 Å². The first-order chi connectivity index (χ1) is 11.1.